The predicted molar refractivity (Wildman–Crippen MR) is 90.5 cm³/mol. The minimum atomic E-state index is -0.291. The molecule has 2 heterocycles. The summed E-state index contributed by atoms with van der Waals surface area (Å²) >= 11 is 6.15. The summed E-state index contributed by atoms with van der Waals surface area (Å²) < 4.78 is 0. The molecule has 2 unspecified atom stereocenters. The van der Waals surface area contributed by atoms with Gasteiger partial charge >= 0.3 is 0 Å². The average Bonchev–Trinajstić information content (AvgIpc) is 3.17. The van der Waals surface area contributed by atoms with Crippen LogP contribution in [0.2, 0.25) is 5.02 Å². The lowest BCUT2D eigenvalue weighted by Gasteiger charge is -2.18. The number of rotatable bonds is 5. The molecule has 2 atom stereocenters. The Morgan fingerprint density at radius 2 is 2.22 bits per heavy atom. The molecule has 2 aliphatic rings. The van der Waals surface area contributed by atoms with Gasteiger partial charge < -0.3 is 15.5 Å². The highest BCUT2D eigenvalue weighted by molar-refractivity contribution is 6.33. The van der Waals surface area contributed by atoms with Crippen molar-refractivity contribution in [1.82, 2.24) is 10.6 Å². The lowest BCUT2D eigenvalue weighted by atomic mass is 10.0. The molecule has 2 aliphatic heterocycles. The highest BCUT2D eigenvalue weighted by Gasteiger charge is 2.35. The van der Waals surface area contributed by atoms with E-state index in [0.29, 0.717) is 29.7 Å². The minimum absolute atomic E-state index is 0.0288. The lowest BCUT2D eigenvalue weighted by Crippen LogP contribution is -2.34. The van der Waals surface area contributed by atoms with Crippen LogP contribution in [-0.4, -0.2) is 38.0 Å². The number of halogens is 1. The van der Waals surface area contributed by atoms with E-state index >= 15 is 0 Å². The van der Waals surface area contributed by atoms with Gasteiger partial charge in [-0.25, -0.2) is 0 Å². The molecule has 6 heteroatoms. The van der Waals surface area contributed by atoms with Gasteiger partial charge in [0.15, 0.2) is 0 Å². The summed E-state index contributed by atoms with van der Waals surface area (Å²) in [4.78, 5) is 26.1. The van der Waals surface area contributed by atoms with E-state index in [-0.39, 0.29) is 24.2 Å². The number of hydrogen-bond donors (Lipinski definition) is 2. The number of nitrogens with zero attached hydrogens (tertiary/aromatic N) is 1. The zero-order valence-corrected chi connectivity index (χ0v) is 13.8. The molecule has 23 heavy (non-hydrogen) atoms. The minimum Gasteiger partial charge on any atom is -0.356 e. The van der Waals surface area contributed by atoms with Gasteiger partial charge in [0.05, 0.1) is 16.6 Å². The van der Waals surface area contributed by atoms with Gasteiger partial charge in [-0.1, -0.05) is 23.7 Å². The van der Waals surface area contributed by atoms with Crippen LogP contribution in [0.3, 0.4) is 0 Å². The summed E-state index contributed by atoms with van der Waals surface area (Å²) in [5.74, 6) is 0.290. The number of para-hydroxylation sites is 1. The lowest BCUT2D eigenvalue weighted by molar-refractivity contribution is -0.126. The van der Waals surface area contributed by atoms with Crippen LogP contribution in [0.4, 0.5) is 5.69 Å². The van der Waals surface area contributed by atoms with Crippen molar-refractivity contribution < 1.29 is 9.59 Å². The third-order valence-corrected chi connectivity index (χ3v) is 4.97. The van der Waals surface area contributed by atoms with E-state index in [0.717, 1.165) is 19.5 Å². The van der Waals surface area contributed by atoms with E-state index in [4.69, 9.17) is 11.6 Å². The van der Waals surface area contributed by atoms with Gasteiger partial charge in [-0.05, 0) is 44.0 Å². The Balaban J connectivity index is 1.52. The fourth-order valence-electron chi connectivity index (χ4n) is 3.29. The van der Waals surface area contributed by atoms with E-state index < -0.39 is 0 Å². The van der Waals surface area contributed by atoms with Gasteiger partial charge in [0, 0.05) is 19.5 Å². The van der Waals surface area contributed by atoms with Crippen molar-refractivity contribution >= 4 is 29.1 Å². The molecule has 0 aliphatic carbocycles. The maximum atomic E-state index is 12.3. The smallest absolute Gasteiger partial charge is 0.227 e. The number of anilines is 1. The van der Waals surface area contributed by atoms with Crippen LogP contribution >= 0.6 is 11.6 Å². The van der Waals surface area contributed by atoms with Gasteiger partial charge in [-0.15, -0.1) is 0 Å². The number of amides is 2. The van der Waals surface area contributed by atoms with Gasteiger partial charge in [0.1, 0.15) is 0 Å². The maximum absolute atomic E-state index is 12.3. The second-order valence-electron chi connectivity index (χ2n) is 6.30. The van der Waals surface area contributed by atoms with Crippen LogP contribution in [0.25, 0.3) is 0 Å². The van der Waals surface area contributed by atoms with E-state index in [9.17, 15) is 9.59 Å². The molecule has 1 aromatic carbocycles. The van der Waals surface area contributed by atoms with E-state index in [1.807, 2.05) is 18.2 Å². The summed E-state index contributed by atoms with van der Waals surface area (Å²) in [6.45, 7) is 3.20. The first-order chi connectivity index (χ1) is 11.1. The van der Waals surface area contributed by atoms with Crippen molar-refractivity contribution in [3.63, 3.8) is 0 Å². The molecule has 5 nitrogen and oxygen atoms in total. The van der Waals surface area contributed by atoms with Crippen LogP contribution < -0.4 is 15.5 Å². The largest absolute Gasteiger partial charge is 0.356 e. The Kier molecular flexibility index (Phi) is 5.18. The molecule has 124 valence electrons. The molecule has 0 bridgehead atoms. The van der Waals surface area contributed by atoms with Crippen molar-refractivity contribution in [2.24, 2.45) is 11.8 Å². The Bertz CT molecular complexity index is 587. The molecule has 3 rings (SSSR count). The average molecular weight is 336 g/mol. The van der Waals surface area contributed by atoms with E-state index in [1.165, 1.54) is 6.42 Å². The number of carbonyl (C=O) groups excluding carboxylic acids is 2. The van der Waals surface area contributed by atoms with E-state index in [1.54, 1.807) is 11.0 Å². The predicted octanol–water partition coefficient (Wildman–Crippen LogP) is 1.81. The second-order valence-corrected chi connectivity index (χ2v) is 6.70. The third-order valence-electron chi connectivity index (χ3n) is 4.65. The maximum Gasteiger partial charge on any atom is 0.227 e. The summed E-state index contributed by atoms with van der Waals surface area (Å²) in [6.07, 6.45) is 2.42. The summed E-state index contributed by atoms with van der Waals surface area (Å²) in [6, 6.07) is 7.24. The van der Waals surface area contributed by atoms with Crippen molar-refractivity contribution in [2.45, 2.75) is 19.3 Å². The van der Waals surface area contributed by atoms with Gasteiger partial charge in [-0.2, -0.15) is 0 Å². The Morgan fingerprint density at radius 1 is 1.39 bits per heavy atom. The van der Waals surface area contributed by atoms with Gasteiger partial charge in [0.2, 0.25) is 11.8 Å². The standard InChI is InChI=1S/C17H22ClN3O2/c18-14-3-1-2-4-15(14)21-11-13(9-16(21)22)17(23)20-8-6-12-5-7-19-10-12/h1-4,12-13,19H,5-11H2,(H,20,23). The molecule has 2 N–H and O–H groups in total. The molecule has 0 aromatic heterocycles. The van der Waals surface area contributed by atoms with Crippen LogP contribution in [0.5, 0.6) is 0 Å². The number of hydrogen-bond acceptors (Lipinski definition) is 3. The first-order valence-corrected chi connectivity index (χ1v) is 8.56. The zero-order chi connectivity index (χ0) is 16.2. The van der Waals surface area contributed by atoms with Gasteiger partial charge in [0.25, 0.3) is 0 Å². The summed E-state index contributed by atoms with van der Waals surface area (Å²) in [5, 5.41) is 6.84. The molecule has 0 spiro atoms. The second kappa shape index (κ2) is 7.32. The van der Waals surface area contributed by atoms with Crippen molar-refractivity contribution in [3.8, 4) is 0 Å². The number of carbonyl (C=O) groups is 2. The monoisotopic (exact) mass is 335 g/mol. The summed E-state index contributed by atoms with van der Waals surface area (Å²) in [5.41, 5.74) is 0.687. The molecule has 2 fully saturated rings. The quantitative estimate of drug-likeness (QED) is 0.862. The van der Waals surface area contributed by atoms with Crippen molar-refractivity contribution in [1.29, 1.82) is 0 Å². The SMILES string of the molecule is O=C(NCCC1CCNC1)C1CC(=O)N(c2ccccc2Cl)C1. The fraction of sp³-hybridized carbons (Fsp3) is 0.529. The first kappa shape index (κ1) is 16.3. The number of benzene rings is 1. The zero-order valence-electron chi connectivity index (χ0n) is 13.1. The van der Waals surface area contributed by atoms with Crippen LogP contribution in [0.1, 0.15) is 19.3 Å². The molecule has 2 saturated heterocycles. The Labute approximate surface area is 141 Å². The Morgan fingerprint density at radius 3 is 2.96 bits per heavy atom. The van der Waals surface area contributed by atoms with Crippen molar-refractivity contribution in [2.75, 3.05) is 31.1 Å². The topological polar surface area (TPSA) is 61.4 Å². The Hall–Kier alpha value is -1.59. The summed E-state index contributed by atoms with van der Waals surface area (Å²) in [7, 11) is 0. The van der Waals surface area contributed by atoms with Crippen LogP contribution in [0.15, 0.2) is 24.3 Å². The highest BCUT2D eigenvalue weighted by atomic mass is 35.5. The highest BCUT2D eigenvalue weighted by Crippen LogP contribution is 2.31. The normalized spacial score (nSPS) is 24.2. The molecular formula is C17H22ClN3O2. The number of nitrogens with one attached hydrogen (secondary N) is 2. The van der Waals surface area contributed by atoms with Crippen LogP contribution in [0, 0.1) is 11.8 Å². The third kappa shape index (κ3) is 3.85. The van der Waals surface area contributed by atoms with Gasteiger partial charge in [-0.3, -0.25) is 9.59 Å². The molecule has 0 saturated carbocycles. The molecule has 1 aromatic rings. The van der Waals surface area contributed by atoms with E-state index in [2.05, 4.69) is 10.6 Å². The molecule has 2 amide bonds. The van der Waals surface area contributed by atoms with Crippen LogP contribution in [-0.2, 0) is 9.59 Å². The molecular weight excluding hydrogens is 314 g/mol. The fourth-order valence-corrected chi connectivity index (χ4v) is 3.53. The first-order valence-electron chi connectivity index (χ1n) is 8.18. The van der Waals surface area contributed by atoms with Crippen molar-refractivity contribution in [3.05, 3.63) is 29.3 Å². The molecule has 0 radical (unpaired) electrons.